The molecule has 0 aliphatic carbocycles. The lowest BCUT2D eigenvalue weighted by Gasteiger charge is -2.10. The molecule has 0 radical (unpaired) electrons. The Hall–Kier alpha value is -2.63. The van der Waals surface area contributed by atoms with Crippen LogP contribution in [0.4, 0.5) is 0 Å². The number of benzene rings is 1. The van der Waals surface area contributed by atoms with E-state index in [1.807, 2.05) is 28.3 Å². The molecule has 0 aliphatic rings. The first-order valence-electron chi connectivity index (χ1n) is 6.88. The number of carbonyl (C=O) groups is 1. The number of imidazole rings is 2. The van der Waals surface area contributed by atoms with Gasteiger partial charge in [-0.3, -0.25) is 0 Å². The molecule has 0 saturated heterocycles. The molecular weight excluding hydrogens is 268 g/mol. The molecule has 108 valence electrons. The maximum absolute atomic E-state index is 11.4. The monoisotopic (exact) mass is 284 g/mol. The van der Waals surface area contributed by atoms with Crippen molar-refractivity contribution in [2.24, 2.45) is 0 Å². The van der Waals surface area contributed by atoms with Gasteiger partial charge in [-0.2, -0.15) is 0 Å². The summed E-state index contributed by atoms with van der Waals surface area (Å²) in [5.41, 5.74) is 1.73. The van der Waals surface area contributed by atoms with E-state index < -0.39 is 5.97 Å². The van der Waals surface area contributed by atoms with E-state index >= 15 is 0 Å². The highest BCUT2D eigenvalue weighted by Gasteiger charge is 2.16. The van der Waals surface area contributed by atoms with Gasteiger partial charge in [0.1, 0.15) is 5.82 Å². The third kappa shape index (κ3) is 2.40. The number of para-hydroxylation sites is 1. The number of rotatable bonds is 5. The van der Waals surface area contributed by atoms with E-state index in [2.05, 4.69) is 9.97 Å². The van der Waals surface area contributed by atoms with Crippen LogP contribution in [0.5, 0.6) is 0 Å². The molecular formula is C15H16N4O2. The Morgan fingerprint density at radius 3 is 2.86 bits per heavy atom. The Kier molecular flexibility index (Phi) is 3.43. The van der Waals surface area contributed by atoms with Crippen LogP contribution >= 0.6 is 0 Å². The minimum atomic E-state index is -0.924. The number of hydrogen-bond donors (Lipinski definition) is 1. The first-order chi connectivity index (χ1) is 10.2. The molecule has 6 nitrogen and oxygen atoms in total. The molecule has 0 fully saturated rings. The summed E-state index contributed by atoms with van der Waals surface area (Å²) >= 11 is 0. The summed E-state index contributed by atoms with van der Waals surface area (Å²) in [7, 11) is 0. The summed E-state index contributed by atoms with van der Waals surface area (Å²) in [4.78, 5) is 20.0. The molecule has 3 aromatic rings. The number of nitrogens with zero attached hydrogens (tertiary/aromatic N) is 4. The van der Waals surface area contributed by atoms with Crippen molar-refractivity contribution >= 4 is 17.0 Å². The lowest BCUT2D eigenvalue weighted by Crippen LogP contribution is -2.11. The van der Waals surface area contributed by atoms with Gasteiger partial charge in [0.2, 0.25) is 0 Å². The molecule has 0 aliphatic heterocycles. The van der Waals surface area contributed by atoms with Crippen molar-refractivity contribution in [2.75, 3.05) is 0 Å². The second-order valence-corrected chi connectivity index (χ2v) is 4.81. The first kappa shape index (κ1) is 13.4. The van der Waals surface area contributed by atoms with Gasteiger partial charge in [-0.05, 0) is 12.1 Å². The molecule has 0 spiro atoms. The minimum absolute atomic E-state index is 0.297. The number of fused-ring (bicyclic) bond motifs is 1. The SMILES string of the molecule is CCc1nc2cccc(C(=O)O)c2n1CCn1ccnc1. The number of carboxylic acid groups (broad SMARTS) is 1. The zero-order valence-electron chi connectivity index (χ0n) is 11.7. The molecule has 21 heavy (non-hydrogen) atoms. The fourth-order valence-corrected chi connectivity index (χ4v) is 2.55. The van der Waals surface area contributed by atoms with Gasteiger partial charge in [-0.15, -0.1) is 0 Å². The van der Waals surface area contributed by atoms with Crippen LogP contribution in [0.2, 0.25) is 0 Å². The van der Waals surface area contributed by atoms with Crippen molar-refractivity contribution in [3.05, 3.63) is 48.3 Å². The third-order valence-electron chi connectivity index (χ3n) is 3.53. The van der Waals surface area contributed by atoms with Crippen molar-refractivity contribution in [2.45, 2.75) is 26.4 Å². The molecule has 0 unspecified atom stereocenters. The minimum Gasteiger partial charge on any atom is -0.478 e. The largest absolute Gasteiger partial charge is 0.478 e. The molecule has 1 N–H and O–H groups in total. The van der Waals surface area contributed by atoms with Crippen LogP contribution in [0.3, 0.4) is 0 Å². The van der Waals surface area contributed by atoms with E-state index in [0.29, 0.717) is 17.6 Å². The lowest BCUT2D eigenvalue weighted by molar-refractivity contribution is 0.0698. The van der Waals surface area contributed by atoms with Crippen molar-refractivity contribution in [1.29, 1.82) is 0 Å². The standard InChI is InChI=1S/C15H16N4O2/c1-2-13-17-12-5-3-4-11(15(20)21)14(12)19(13)9-8-18-7-6-16-10-18/h3-7,10H,2,8-9H2,1H3,(H,20,21). The quantitative estimate of drug-likeness (QED) is 0.779. The smallest absolute Gasteiger partial charge is 0.337 e. The summed E-state index contributed by atoms with van der Waals surface area (Å²) in [6.07, 6.45) is 6.14. The molecule has 2 heterocycles. The van der Waals surface area contributed by atoms with E-state index in [-0.39, 0.29) is 0 Å². The highest BCUT2D eigenvalue weighted by Crippen LogP contribution is 2.21. The highest BCUT2D eigenvalue weighted by molar-refractivity contribution is 6.01. The van der Waals surface area contributed by atoms with Crippen molar-refractivity contribution < 1.29 is 9.90 Å². The Morgan fingerprint density at radius 1 is 1.33 bits per heavy atom. The van der Waals surface area contributed by atoms with Gasteiger partial charge in [0, 0.05) is 31.9 Å². The predicted octanol–water partition coefficient (Wildman–Crippen LogP) is 2.19. The second-order valence-electron chi connectivity index (χ2n) is 4.81. The summed E-state index contributed by atoms with van der Waals surface area (Å²) in [6, 6.07) is 5.21. The summed E-state index contributed by atoms with van der Waals surface area (Å²) in [6.45, 7) is 3.42. The topological polar surface area (TPSA) is 72.9 Å². The van der Waals surface area contributed by atoms with Crippen molar-refractivity contribution in [1.82, 2.24) is 19.1 Å². The van der Waals surface area contributed by atoms with Gasteiger partial charge >= 0.3 is 5.97 Å². The van der Waals surface area contributed by atoms with Gasteiger partial charge in [0.05, 0.1) is 22.9 Å². The van der Waals surface area contributed by atoms with Gasteiger partial charge in [-0.25, -0.2) is 14.8 Å². The Labute approximate surface area is 121 Å². The molecule has 0 bridgehead atoms. The Balaban J connectivity index is 2.07. The normalized spacial score (nSPS) is 11.1. The van der Waals surface area contributed by atoms with Crippen LogP contribution in [-0.2, 0) is 19.5 Å². The highest BCUT2D eigenvalue weighted by atomic mass is 16.4. The summed E-state index contributed by atoms with van der Waals surface area (Å²) in [5.74, 6) is -0.0224. The molecule has 6 heteroatoms. The molecule has 1 aromatic carbocycles. The number of aromatic nitrogens is 4. The fraction of sp³-hybridized carbons (Fsp3) is 0.267. The average molecular weight is 284 g/mol. The van der Waals surface area contributed by atoms with Crippen LogP contribution in [-0.4, -0.2) is 30.2 Å². The molecule has 3 rings (SSSR count). The zero-order chi connectivity index (χ0) is 14.8. The summed E-state index contributed by atoms with van der Waals surface area (Å²) in [5, 5.41) is 9.39. The Bertz CT molecular complexity index is 774. The van der Waals surface area contributed by atoms with Crippen LogP contribution in [0.15, 0.2) is 36.9 Å². The number of hydrogen-bond acceptors (Lipinski definition) is 3. The van der Waals surface area contributed by atoms with E-state index in [9.17, 15) is 9.90 Å². The van der Waals surface area contributed by atoms with Crippen LogP contribution in [0.1, 0.15) is 23.1 Å². The van der Waals surface area contributed by atoms with Crippen molar-refractivity contribution in [3.63, 3.8) is 0 Å². The molecule has 2 aromatic heterocycles. The molecule has 0 amide bonds. The van der Waals surface area contributed by atoms with Crippen LogP contribution in [0, 0.1) is 0 Å². The predicted molar refractivity (Wildman–Crippen MR) is 78.3 cm³/mol. The van der Waals surface area contributed by atoms with E-state index in [1.54, 1.807) is 24.7 Å². The zero-order valence-corrected chi connectivity index (χ0v) is 11.7. The maximum atomic E-state index is 11.4. The summed E-state index contributed by atoms with van der Waals surface area (Å²) < 4.78 is 3.97. The first-order valence-corrected chi connectivity index (χ1v) is 6.88. The molecule has 0 saturated carbocycles. The van der Waals surface area contributed by atoms with Crippen LogP contribution < -0.4 is 0 Å². The number of aromatic carboxylic acids is 1. The fourth-order valence-electron chi connectivity index (χ4n) is 2.55. The van der Waals surface area contributed by atoms with E-state index in [1.165, 1.54) is 0 Å². The van der Waals surface area contributed by atoms with E-state index in [4.69, 9.17) is 0 Å². The second kappa shape index (κ2) is 5.40. The molecule has 0 atom stereocenters. The van der Waals surface area contributed by atoms with E-state index in [0.717, 1.165) is 24.3 Å². The van der Waals surface area contributed by atoms with Gasteiger partial charge in [0.25, 0.3) is 0 Å². The maximum Gasteiger partial charge on any atom is 0.337 e. The average Bonchev–Trinajstić information content (AvgIpc) is 3.11. The lowest BCUT2D eigenvalue weighted by atomic mass is 10.2. The van der Waals surface area contributed by atoms with Gasteiger partial charge in [0.15, 0.2) is 0 Å². The number of carboxylic acids is 1. The van der Waals surface area contributed by atoms with Gasteiger partial charge < -0.3 is 14.2 Å². The Morgan fingerprint density at radius 2 is 2.19 bits per heavy atom. The van der Waals surface area contributed by atoms with Gasteiger partial charge in [-0.1, -0.05) is 13.0 Å². The number of aryl methyl sites for hydroxylation is 3. The van der Waals surface area contributed by atoms with Crippen molar-refractivity contribution in [3.8, 4) is 0 Å². The third-order valence-corrected chi connectivity index (χ3v) is 3.53. The van der Waals surface area contributed by atoms with Crippen LogP contribution in [0.25, 0.3) is 11.0 Å².